The van der Waals surface area contributed by atoms with Gasteiger partial charge in [-0.15, -0.1) is 0 Å². The highest BCUT2D eigenvalue weighted by Crippen LogP contribution is 2.35. The number of hydrogen-bond donors (Lipinski definition) is 1. The average molecular weight is 309 g/mol. The van der Waals surface area contributed by atoms with E-state index in [4.69, 9.17) is 4.74 Å². The van der Waals surface area contributed by atoms with Crippen molar-refractivity contribution >= 4 is 0 Å². The Bertz CT molecular complexity index is 664. The number of phenols is 1. The molecule has 1 aliphatic rings. The monoisotopic (exact) mass is 309 g/mol. The maximum atomic E-state index is 12.8. The molecule has 1 heterocycles. The fraction of sp³-hybridized carbons (Fsp3) is 0.312. The molecule has 3 rings (SSSR count). The van der Waals surface area contributed by atoms with Crippen LogP contribution < -0.4 is 4.74 Å². The Morgan fingerprint density at radius 3 is 2.50 bits per heavy atom. The van der Waals surface area contributed by atoms with Crippen LogP contribution in [0, 0.1) is 5.92 Å². The summed E-state index contributed by atoms with van der Waals surface area (Å²) in [6.07, 6.45) is -0.728. The first kappa shape index (κ1) is 14.7. The Hall–Kier alpha value is -2.24. The number of ether oxygens (including phenoxy) is 1. The number of nitrogens with zero attached hydrogens (tertiary/aromatic N) is 1. The van der Waals surface area contributed by atoms with E-state index in [1.165, 1.54) is 25.1 Å². The SMILES string of the molecule is Oc1cc(-c2ccc(OCC3CC3)nc2)cc(C(F)(F)F)c1. The van der Waals surface area contributed by atoms with Gasteiger partial charge in [-0.25, -0.2) is 4.98 Å². The second-order valence-electron chi connectivity index (χ2n) is 5.41. The lowest BCUT2D eigenvalue weighted by Crippen LogP contribution is -2.04. The van der Waals surface area contributed by atoms with Crippen molar-refractivity contribution in [1.82, 2.24) is 4.98 Å². The lowest BCUT2D eigenvalue weighted by Gasteiger charge is -2.10. The molecule has 3 nitrogen and oxygen atoms in total. The van der Waals surface area contributed by atoms with Crippen molar-refractivity contribution in [1.29, 1.82) is 0 Å². The highest BCUT2D eigenvalue weighted by molar-refractivity contribution is 5.65. The molecular weight excluding hydrogens is 295 g/mol. The van der Waals surface area contributed by atoms with Crippen LogP contribution in [-0.2, 0) is 6.18 Å². The van der Waals surface area contributed by atoms with E-state index in [2.05, 4.69) is 4.98 Å². The molecule has 0 amide bonds. The van der Waals surface area contributed by atoms with Crippen LogP contribution in [0.15, 0.2) is 36.5 Å². The smallest absolute Gasteiger partial charge is 0.416 e. The maximum Gasteiger partial charge on any atom is 0.416 e. The molecule has 1 fully saturated rings. The van der Waals surface area contributed by atoms with Crippen molar-refractivity contribution in [2.75, 3.05) is 6.61 Å². The number of benzene rings is 1. The lowest BCUT2D eigenvalue weighted by atomic mass is 10.0. The molecular formula is C16H14F3NO2. The molecule has 0 atom stereocenters. The largest absolute Gasteiger partial charge is 0.508 e. The van der Waals surface area contributed by atoms with Gasteiger partial charge in [0, 0.05) is 17.8 Å². The zero-order valence-corrected chi connectivity index (χ0v) is 11.6. The first-order valence-corrected chi connectivity index (χ1v) is 6.92. The molecule has 0 bridgehead atoms. The predicted molar refractivity (Wildman–Crippen MR) is 74.6 cm³/mol. The van der Waals surface area contributed by atoms with Gasteiger partial charge < -0.3 is 9.84 Å². The second kappa shape index (κ2) is 5.51. The van der Waals surface area contributed by atoms with E-state index >= 15 is 0 Å². The number of aromatic nitrogens is 1. The number of pyridine rings is 1. The molecule has 6 heteroatoms. The van der Waals surface area contributed by atoms with Gasteiger partial charge in [0.2, 0.25) is 5.88 Å². The second-order valence-corrected chi connectivity index (χ2v) is 5.41. The Labute approximate surface area is 125 Å². The molecule has 0 unspecified atom stereocenters. The fourth-order valence-corrected chi connectivity index (χ4v) is 2.07. The zero-order valence-electron chi connectivity index (χ0n) is 11.6. The van der Waals surface area contributed by atoms with E-state index in [9.17, 15) is 18.3 Å². The molecule has 2 aromatic rings. The van der Waals surface area contributed by atoms with Crippen LogP contribution in [0.3, 0.4) is 0 Å². The number of phenolic OH excluding ortho intramolecular Hbond substituents is 1. The van der Waals surface area contributed by atoms with Crippen molar-refractivity contribution < 1.29 is 23.0 Å². The molecule has 22 heavy (non-hydrogen) atoms. The van der Waals surface area contributed by atoms with Crippen LogP contribution in [0.1, 0.15) is 18.4 Å². The summed E-state index contributed by atoms with van der Waals surface area (Å²) in [6.45, 7) is 0.622. The summed E-state index contributed by atoms with van der Waals surface area (Å²) in [4.78, 5) is 4.09. The molecule has 1 N–H and O–H groups in total. The number of alkyl halides is 3. The summed E-state index contributed by atoms with van der Waals surface area (Å²) in [5, 5.41) is 9.48. The van der Waals surface area contributed by atoms with Crippen molar-refractivity contribution in [3.05, 3.63) is 42.1 Å². The molecule has 1 aliphatic carbocycles. The van der Waals surface area contributed by atoms with Gasteiger partial charge in [0.25, 0.3) is 0 Å². The van der Waals surface area contributed by atoms with Crippen molar-refractivity contribution in [2.45, 2.75) is 19.0 Å². The summed E-state index contributed by atoms with van der Waals surface area (Å²) < 4.78 is 43.8. The topological polar surface area (TPSA) is 42.4 Å². The van der Waals surface area contributed by atoms with E-state index in [0.29, 0.717) is 30.0 Å². The molecule has 1 saturated carbocycles. The number of aromatic hydroxyl groups is 1. The molecule has 0 saturated heterocycles. The van der Waals surface area contributed by atoms with E-state index in [1.807, 2.05) is 0 Å². The maximum absolute atomic E-state index is 12.8. The third-order valence-electron chi connectivity index (χ3n) is 3.48. The van der Waals surface area contributed by atoms with Crippen LogP contribution in [0.2, 0.25) is 0 Å². The zero-order chi connectivity index (χ0) is 15.7. The van der Waals surface area contributed by atoms with E-state index in [1.54, 1.807) is 12.1 Å². The van der Waals surface area contributed by atoms with Gasteiger partial charge in [0.05, 0.1) is 12.2 Å². The van der Waals surface area contributed by atoms with Crippen molar-refractivity contribution in [2.24, 2.45) is 5.92 Å². The summed E-state index contributed by atoms with van der Waals surface area (Å²) in [5.41, 5.74) is -0.148. The highest BCUT2D eigenvalue weighted by Gasteiger charge is 2.31. The Balaban J connectivity index is 1.82. The third-order valence-corrected chi connectivity index (χ3v) is 3.48. The minimum atomic E-state index is -4.51. The molecule has 116 valence electrons. The summed E-state index contributed by atoms with van der Waals surface area (Å²) in [6, 6.07) is 6.21. The van der Waals surface area contributed by atoms with Gasteiger partial charge in [0.1, 0.15) is 5.75 Å². The number of halogens is 3. The summed E-state index contributed by atoms with van der Waals surface area (Å²) in [7, 11) is 0. The quantitative estimate of drug-likeness (QED) is 0.917. The highest BCUT2D eigenvalue weighted by atomic mass is 19.4. The molecule has 0 aliphatic heterocycles. The first-order valence-electron chi connectivity index (χ1n) is 6.92. The minimum absolute atomic E-state index is 0.258. The number of hydrogen-bond acceptors (Lipinski definition) is 3. The number of rotatable bonds is 4. The lowest BCUT2D eigenvalue weighted by molar-refractivity contribution is -0.137. The van der Waals surface area contributed by atoms with Gasteiger partial charge in [-0.2, -0.15) is 13.2 Å². The van der Waals surface area contributed by atoms with Crippen LogP contribution in [0.25, 0.3) is 11.1 Å². The van der Waals surface area contributed by atoms with Crippen molar-refractivity contribution in [3.63, 3.8) is 0 Å². The van der Waals surface area contributed by atoms with Crippen LogP contribution >= 0.6 is 0 Å². The van der Waals surface area contributed by atoms with Crippen LogP contribution in [0.5, 0.6) is 11.6 Å². The van der Waals surface area contributed by atoms with Gasteiger partial charge in [-0.05, 0) is 48.6 Å². The molecule has 1 aromatic carbocycles. The summed E-state index contributed by atoms with van der Waals surface area (Å²) in [5.74, 6) is 0.618. The normalized spacial score (nSPS) is 14.9. The van der Waals surface area contributed by atoms with Gasteiger partial charge in [-0.1, -0.05) is 0 Å². The fourth-order valence-electron chi connectivity index (χ4n) is 2.07. The van der Waals surface area contributed by atoms with E-state index < -0.39 is 17.5 Å². The first-order chi connectivity index (χ1) is 10.4. The molecule has 0 radical (unpaired) electrons. The third kappa shape index (κ3) is 3.50. The Kier molecular flexibility index (Phi) is 3.68. The van der Waals surface area contributed by atoms with Gasteiger partial charge in [-0.3, -0.25) is 0 Å². The van der Waals surface area contributed by atoms with Crippen LogP contribution in [0.4, 0.5) is 13.2 Å². The summed E-state index contributed by atoms with van der Waals surface area (Å²) >= 11 is 0. The van der Waals surface area contributed by atoms with Crippen LogP contribution in [-0.4, -0.2) is 16.7 Å². The molecule has 1 aromatic heterocycles. The van der Waals surface area contributed by atoms with E-state index in [0.717, 1.165) is 6.07 Å². The van der Waals surface area contributed by atoms with Gasteiger partial charge in [0.15, 0.2) is 0 Å². The van der Waals surface area contributed by atoms with Gasteiger partial charge >= 0.3 is 6.18 Å². The molecule has 0 spiro atoms. The predicted octanol–water partition coefficient (Wildman–Crippen LogP) is 4.26. The Morgan fingerprint density at radius 1 is 1.14 bits per heavy atom. The average Bonchev–Trinajstić information content (AvgIpc) is 3.28. The minimum Gasteiger partial charge on any atom is -0.508 e. The van der Waals surface area contributed by atoms with E-state index in [-0.39, 0.29) is 5.56 Å². The Morgan fingerprint density at radius 2 is 1.91 bits per heavy atom. The standard InChI is InChI=1S/C16H14F3NO2/c17-16(18,19)13-5-12(6-14(21)7-13)11-3-4-15(20-8-11)22-9-10-1-2-10/h3-8,10,21H,1-2,9H2. The van der Waals surface area contributed by atoms with Crippen molar-refractivity contribution in [3.8, 4) is 22.8 Å².